The molecule has 43 heavy (non-hydrogen) atoms. The standard InChI is InChI=1S/C31H58N4O8/c1-32-35-26(31(42)43-2)19-17-18-24-33-27(36)23-22-25(30(40)41)34-28(37)20-15-13-11-9-7-5-3-4-6-8-10-12-14-16-21-29(38)39/h25-26,32,35H,3-24H2,1-2H3,(H,33,36)(H,34,37)(H,38,39)(H,40,41). The van der Waals surface area contributed by atoms with Crippen LogP contribution in [0.5, 0.6) is 0 Å². The zero-order valence-electron chi connectivity index (χ0n) is 26.6. The first-order valence-corrected chi connectivity index (χ1v) is 16.2. The number of ether oxygens (including phenoxy) is 1. The highest BCUT2D eigenvalue weighted by Crippen LogP contribution is 2.14. The van der Waals surface area contributed by atoms with Gasteiger partial charge in [-0.2, -0.15) is 0 Å². The molecule has 0 fully saturated rings. The van der Waals surface area contributed by atoms with Gasteiger partial charge in [-0.1, -0.05) is 77.0 Å². The molecule has 0 aromatic rings. The second kappa shape index (κ2) is 28.1. The summed E-state index contributed by atoms with van der Waals surface area (Å²) in [5.41, 5.74) is 5.54. The average Bonchev–Trinajstić information content (AvgIpc) is 2.97. The van der Waals surface area contributed by atoms with Gasteiger partial charge in [0.25, 0.3) is 0 Å². The molecule has 0 spiro atoms. The van der Waals surface area contributed by atoms with Crippen LogP contribution in [0.25, 0.3) is 0 Å². The highest BCUT2D eigenvalue weighted by molar-refractivity contribution is 5.84. The van der Waals surface area contributed by atoms with E-state index in [9.17, 15) is 29.1 Å². The van der Waals surface area contributed by atoms with Gasteiger partial charge in [-0.15, -0.1) is 0 Å². The smallest absolute Gasteiger partial charge is 0.326 e. The molecular weight excluding hydrogens is 556 g/mol. The number of carbonyl (C=O) groups excluding carboxylic acids is 3. The number of hydrazine groups is 1. The van der Waals surface area contributed by atoms with E-state index in [-0.39, 0.29) is 43.5 Å². The van der Waals surface area contributed by atoms with Crippen LogP contribution in [0.3, 0.4) is 0 Å². The molecule has 0 radical (unpaired) electrons. The number of unbranched alkanes of at least 4 members (excludes halogenated alkanes) is 14. The van der Waals surface area contributed by atoms with E-state index in [1.165, 1.54) is 52.1 Å². The molecule has 2 unspecified atom stereocenters. The van der Waals surface area contributed by atoms with E-state index >= 15 is 0 Å². The quantitative estimate of drug-likeness (QED) is 0.0389. The van der Waals surface area contributed by atoms with Crippen LogP contribution in [0.1, 0.15) is 135 Å². The third-order valence-corrected chi connectivity index (χ3v) is 7.38. The molecule has 2 atom stereocenters. The van der Waals surface area contributed by atoms with E-state index < -0.39 is 24.0 Å². The van der Waals surface area contributed by atoms with Crippen LogP contribution in [-0.4, -0.2) is 72.7 Å². The normalized spacial score (nSPS) is 12.3. The Hall–Kier alpha value is -2.73. The largest absolute Gasteiger partial charge is 0.481 e. The molecule has 0 heterocycles. The Morgan fingerprint density at radius 3 is 1.58 bits per heavy atom. The Kier molecular flexibility index (Phi) is 26.3. The minimum absolute atomic E-state index is 0.00204. The van der Waals surface area contributed by atoms with Gasteiger partial charge in [0.2, 0.25) is 11.8 Å². The first-order valence-electron chi connectivity index (χ1n) is 16.2. The zero-order valence-corrected chi connectivity index (χ0v) is 26.6. The van der Waals surface area contributed by atoms with Gasteiger partial charge < -0.3 is 25.6 Å². The molecule has 0 aromatic heterocycles. The van der Waals surface area contributed by atoms with Crippen molar-refractivity contribution in [2.45, 2.75) is 147 Å². The molecule has 6 N–H and O–H groups in total. The van der Waals surface area contributed by atoms with Gasteiger partial charge in [0.15, 0.2) is 0 Å². The number of hydrogen-bond acceptors (Lipinski definition) is 8. The maximum Gasteiger partial charge on any atom is 0.326 e. The molecule has 2 amide bonds. The molecule has 250 valence electrons. The Morgan fingerprint density at radius 1 is 0.605 bits per heavy atom. The van der Waals surface area contributed by atoms with Gasteiger partial charge in [0.1, 0.15) is 12.1 Å². The maximum absolute atomic E-state index is 12.2. The third kappa shape index (κ3) is 25.5. The highest BCUT2D eigenvalue weighted by atomic mass is 16.5. The number of carboxylic acid groups (broad SMARTS) is 2. The number of esters is 1. The fraction of sp³-hybridized carbons (Fsp3) is 0.839. The molecule has 0 aliphatic carbocycles. The number of hydrogen-bond donors (Lipinski definition) is 6. The second-order valence-corrected chi connectivity index (χ2v) is 11.2. The Balaban J connectivity index is 3.79. The van der Waals surface area contributed by atoms with Crippen molar-refractivity contribution in [2.24, 2.45) is 0 Å². The van der Waals surface area contributed by atoms with Crippen LogP contribution < -0.4 is 21.5 Å². The van der Waals surface area contributed by atoms with Crippen molar-refractivity contribution >= 4 is 29.7 Å². The Morgan fingerprint density at radius 2 is 1.12 bits per heavy atom. The summed E-state index contributed by atoms with van der Waals surface area (Å²) in [6.45, 7) is 0.412. The van der Waals surface area contributed by atoms with Gasteiger partial charge in [-0.3, -0.25) is 24.6 Å². The van der Waals surface area contributed by atoms with Crippen molar-refractivity contribution in [2.75, 3.05) is 20.7 Å². The summed E-state index contributed by atoms with van der Waals surface area (Å²) in [7, 11) is 2.99. The van der Waals surface area contributed by atoms with Crippen molar-refractivity contribution in [3.63, 3.8) is 0 Å². The lowest BCUT2D eigenvalue weighted by molar-refractivity contribution is -0.144. The zero-order chi connectivity index (χ0) is 32.1. The van der Waals surface area contributed by atoms with Crippen LogP contribution in [0.15, 0.2) is 0 Å². The number of rotatable bonds is 30. The summed E-state index contributed by atoms with van der Waals surface area (Å²) in [5, 5.41) is 23.4. The van der Waals surface area contributed by atoms with E-state index in [4.69, 9.17) is 9.84 Å². The van der Waals surface area contributed by atoms with Crippen LogP contribution in [0, 0.1) is 0 Å². The summed E-state index contributed by atoms with van der Waals surface area (Å²) in [6, 6.07) is -1.57. The number of methoxy groups -OCH3 is 1. The molecule has 0 saturated carbocycles. The predicted molar refractivity (Wildman–Crippen MR) is 165 cm³/mol. The van der Waals surface area contributed by atoms with Crippen molar-refractivity contribution in [3.05, 3.63) is 0 Å². The van der Waals surface area contributed by atoms with Gasteiger partial charge in [-0.05, 0) is 45.6 Å². The molecular formula is C31H58N4O8. The van der Waals surface area contributed by atoms with Crippen molar-refractivity contribution < 1.29 is 38.9 Å². The molecule has 0 aliphatic heterocycles. The van der Waals surface area contributed by atoms with Crippen LogP contribution in [0.4, 0.5) is 0 Å². The summed E-state index contributed by atoms with van der Waals surface area (Å²) >= 11 is 0. The fourth-order valence-electron chi connectivity index (χ4n) is 4.84. The van der Waals surface area contributed by atoms with Crippen molar-refractivity contribution in [3.8, 4) is 0 Å². The lowest BCUT2D eigenvalue weighted by atomic mass is 10.0. The number of amides is 2. The minimum Gasteiger partial charge on any atom is -0.481 e. The molecule has 0 bridgehead atoms. The number of carbonyl (C=O) groups is 5. The molecule has 12 nitrogen and oxygen atoms in total. The second-order valence-electron chi connectivity index (χ2n) is 11.2. The Labute approximate surface area is 257 Å². The minimum atomic E-state index is -1.15. The van der Waals surface area contributed by atoms with Gasteiger partial charge >= 0.3 is 17.9 Å². The maximum atomic E-state index is 12.2. The first-order chi connectivity index (χ1) is 20.7. The van der Waals surface area contributed by atoms with Crippen LogP contribution in [0.2, 0.25) is 0 Å². The number of nitrogens with one attached hydrogen (secondary N) is 4. The van der Waals surface area contributed by atoms with Crippen molar-refractivity contribution in [1.29, 1.82) is 0 Å². The highest BCUT2D eigenvalue weighted by Gasteiger charge is 2.21. The summed E-state index contributed by atoms with van der Waals surface area (Å²) in [6.07, 6.45) is 17.8. The fourth-order valence-corrected chi connectivity index (χ4v) is 4.84. The lowest BCUT2D eigenvalue weighted by Crippen LogP contribution is -2.44. The van der Waals surface area contributed by atoms with Gasteiger partial charge in [-0.25, -0.2) is 10.2 Å². The SMILES string of the molecule is CNNC(CCCCNC(=O)CCC(NC(=O)CCCCCCCCCCCCCCCCC(=O)O)C(=O)O)C(=O)OC. The summed E-state index contributed by atoms with van der Waals surface area (Å²) in [5.74, 6) is -2.80. The summed E-state index contributed by atoms with van der Waals surface area (Å²) in [4.78, 5) is 58.1. The molecule has 12 heteroatoms. The number of aliphatic carboxylic acids is 2. The predicted octanol–water partition coefficient (Wildman–Crippen LogP) is 4.21. The van der Waals surface area contributed by atoms with Crippen LogP contribution in [-0.2, 0) is 28.7 Å². The lowest BCUT2D eigenvalue weighted by Gasteiger charge is -2.16. The van der Waals surface area contributed by atoms with E-state index in [1.807, 2.05) is 0 Å². The van der Waals surface area contributed by atoms with Crippen LogP contribution >= 0.6 is 0 Å². The average molecular weight is 615 g/mol. The van der Waals surface area contributed by atoms with Gasteiger partial charge in [0, 0.05) is 25.8 Å². The molecule has 0 aliphatic rings. The van der Waals surface area contributed by atoms with E-state index in [1.54, 1.807) is 7.05 Å². The van der Waals surface area contributed by atoms with E-state index in [0.717, 1.165) is 38.5 Å². The third-order valence-electron chi connectivity index (χ3n) is 7.38. The first kappa shape index (κ1) is 40.3. The molecule has 0 saturated heterocycles. The monoisotopic (exact) mass is 614 g/mol. The molecule has 0 aromatic carbocycles. The number of carboxylic acids is 2. The summed E-state index contributed by atoms with van der Waals surface area (Å²) < 4.78 is 4.73. The van der Waals surface area contributed by atoms with Crippen molar-refractivity contribution in [1.82, 2.24) is 21.5 Å². The van der Waals surface area contributed by atoms with E-state index in [0.29, 0.717) is 32.2 Å². The topological polar surface area (TPSA) is 183 Å². The van der Waals surface area contributed by atoms with E-state index in [2.05, 4.69) is 21.5 Å². The Bertz CT molecular complexity index is 781. The van der Waals surface area contributed by atoms with Gasteiger partial charge in [0.05, 0.1) is 7.11 Å². The molecule has 0 rings (SSSR count).